The van der Waals surface area contributed by atoms with E-state index < -0.39 is 0 Å². The van der Waals surface area contributed by atoms with Crippen LogP contribution in [0.15, 0.2) is 79.0 Å². The second kappa shape index (κ2) is 10.0. The van der Waals surface area contributed by atoms with Crippen molar-refractivity contribution >= 4 is 16.8 Å². The molecule has 3 nitrogen and oxygen atoms in total. The molecule has 170 valence electrons. The molecule has 0 spiro atoms. The summed E-state index contributed by atoms with van der Waals surface area (Å²) in [5.41, 5.74) is 4.80. The van der Waals surface area contributed by atoms with E-state index in [1.165, 1.54) is 11.6 Å². The summed E-state index contributed by atoms with van der Waals surface area (Å²) >= 11 is 0. The predicted molar refractivity (Wildman–Crippen MR) is 133 cm³/mol. The highest BCUT2D eigenvalue weighted by atomic mass is 19.1. The highest BCUT2D eigenvalue weighted by Crippen LogP contribution is 2.36. The standard InChI is InChI=1S/C29H31FN2O/c1-20(2)17-31-29(33)16-24(25-15-21(3)13-14-27(25)30)26-19-32(18-22-9-5-4-6-10-22)28-12-8-7-11-23(26)28/h4-15,19-20,24H,16-18H2,1-3H3,(H,31,33). The van der Waals surface area contributed by atoms with Crippen LogP contribution in [0.4, 0.5) is 4.39 Å². The molecule has 0 aliphatic rings. The Labute approximate surface area is 195 Å². The molecule has 1 unspecified atom stereocenters. The number of nitrogens with zero attached hydrogens (tertiary/aromatic N) is 1. The average Bonchev–Trinajstić information content (AvgIpc) is 3.17. The van der Waals surface area contributed by atoms with Crippen LogP contribution < -0.4 is 5.32 Å². The second-order valence-electron chi connectivity index (χ2n) is 9.19. The van der Waals surface area contributed by atoms with E-state index in [4.69, 9.17) is 0 Å². The van der Waals surface area contributed by atoms with E-state index in [1.807, 2.05) is 43.3 Å². The van der Waals surface area contributed by atoms with Crippen molar-refractivity contribution in [3.05, 3.63) is 107 Å². The highest BCUT2D eigenvalue weighted by molar-refractivity contribution is 5.87. The Balaban J connectivity index is 1.80. The molecule has 0 aliphatic carbocycles. The van der Waals surface area contributed by atoms with Crippen LogP contribution in [0, 0.1) is 18.7 Å². The molecule has 1 heterocycles. The fourth-order valence-corrected chi connectivity index (χ4v) is 4.36. The van der Waals surface area contributed by atoms with E-state index in [0.717, 1.165) is 22.0 Å². The van der Waals surface area contributed by atoms with Gasteiger partial charge in [-0.25, -0.2) is 4.39 Å². The van der Waals surface area contributed by atoms with Crippen molar-refractivity contribution in [2.24, 2.45) is 5.92 Å². The number of benzene rings is 3. The van der Waals surface area contributed by atoms with Crippen molar-refractivity contribution in [1.82, 2.24) is 9.88 Å². The van der Waals surface area contributed by atoms with Gasteiger partial charge in [-0.15, -0.1) is 0 Å². The minimum absolute atomic E-state index is 0.0607. The normalized spacial score (nSPS) is 12.3. The van der Waals surface area contributed by atoms with Crippen LogP contribution in [0.25, 0.3) is 10.9 Å². The fraction of sp³-hybridized carbons (Fsp3) is 0.276. The molecular formula is C29H31FN2O. The monoisotopic (exact) mass is 442 g/mol. The molecule has 0 bridgehead atoms. The van der Waals surface area contributed by atoms with Crippen LogP contribution >= 0.6 is 0 Å². The van der Waals surface area contributed by atoms with Gasteiger partial charge in [0.15, 0.2) is 0 Å². The Morgan fingerprint density at radius 2 is 1.70 bits per heavy atom. The molecule has 4 aromatic rings. The van der Waals surface area contributed by atoms with Crippen molar-refractivity contribution in [3.8, 4) is 0 Å². The van der Waals surface area contributed by atoms with Crippen molar-refractivity contribution in [3.63, 3.8) is 0 Å². The third kappa shape index (κ3) is 5.33. The molecule has 4 heteroatoms. The summed E-state index contributed by atoms with van der Waals surface area (Å²) in [4.78, 5) is 12.9. The zero-order valence-corrected chi connectivity index (χ0v) is 19.5. The van der Waals surface area contributed by atoms with Crippen LogP contribution in [0.5, 0.6) is 0 Å². The molecule has 0 fully saturated rings. The molecule has 0 saturated heterocycles. The van der Waals surface area contributed by atoms with E-state index in [-0.39, 0.29) is 24.1 Å². The second-order valence-corrected chi connectivity index (χ2v) is 9.19. The van der Waals surface area contributed by atoms with Gasteiger partial charge in [0.1, 0.15) is 5.82 Å². The van der Waals surface area contributed by atoms with Gasteiger partial charge in [-0.1, -0.05) is 80.1 Å². The number of hydrogen-bond donors (Lipinski definition) is 1. The predicted octanol–water partition coefficient (Wildman–Crippen LogP) is 6.43. The Morgan fingerprint density at radius 3 is 2.45 bits per heavy atom. The van der Waals surface area contributed by atoms with Gasteiger partial charge in [-0.2, -0.15) is 0 Å². The summed E-state index contributed by atoms with van der Waals surface area (Å²) in [7, 11) is 0. The largest absolute Gasteiger partial charge is 0.356 e. The first-order chi connectivity index (χ1) is 15.9. The van der Waals surface area contributed by atoms with Crippen LogP contribution in [0.3, 0.4) is 0 Å². The molecule has 1 aromatic heterocycles. The molecule has 0 radical (unpaired) electrons. The number of aromatic nitrogens is 1. The Kier molecular flexibility index (Phi) is 6.93. The summed E-state index contributed by atoms with van der Waals surface area (Å²) < 4.78 is 17.3. The number of fused-ring (bicyclic) bond motifs is 1. The topological polar surface area (TPSA) is 34.0 Å². The molecule has 0 aliphatic heterocycles. The van der Waals surface area contributed by atoms with Crippen LogP contribution in [0.1, 0.15) is 48.4 Å². The lowest BCUT2D eigenvalue weighted by molar-refractivity contribution is -0.121. The van der Waals surface area contributed by atoms with Crippen molar-refractivity contribution in [1.29, 1.82) is 0 Å². The van der Waals surface area contributed by atoms with E-state index in [2.05, 4.69) is 54.2 Å². The van der Waals surface area contributed by atoms with Crippen molar-refractivity contribution < 1.29 is 9.18 Å². The quantitative estimate of drug-likeness (QED) is 0.335. The van der Waals surface area contributed by atoms with Gasteiger partial charge >= 0.3 is 0 Å². The maximum Gasteiger partial charge on any atom is 0.220 e. The third-order valence-corrected chi connectivity index (χ3v) is 6.01. The minimum atomic E-state index is -0.376. The van der Waals surface area contributed by atoms with Gasteiger partial charge in [-0.3, -0.25) is 4.79 Å². The van der Waals surface area contributed by atoms with Crippen molar-refractivity contribution in [2.45, 2.75) is 39.7 Å². The van der Waals surface area contributed by atoms with E-state index in [0.29, 0.717) is 24.6 Å². The van der Waals surface area contributed by atoms with Gasteiger partial charge < -0.3 is 9.88 Å². The molecular weight excluding hydrogens is 411 g/mol. The minimum Gasteiger partial charge on any atom is -0.356 e. The lowest BCUT2D eigenvalue weighted by Crippen LogP contribution is -2.29. The Bertz CT molecular complexity index is 1240. The molecule has 0 saturated carbocycles. The number of para-hydroxylation sites is 1. The van der Waals surface area contributed by atoms with E-state index >= 15 is 4.39 Å². The fourth-order valence-electron chi connectivity index (χ4n) is 4.36. The molecule has 4 rings (SSSR count). The molecule has 1 N–H and O–H groups in total. The molecule has 1 atom stereocenters. The van der Waals surface area contributed by atoms with E-state index in [9.17, 15) is 4.79 Å². The first kappa shape index (κ1) is 22.8. The number of carbonyl (C=O) groups excluding carboxylic acids is 1. The summed E-state index contributed by atoms with van der Waals surface area (Å²) in [6, 6.07) is 23.6. The van der Waals surface area contributed by atoms with Crippen LogP contribution in [-0.4, -0.2) is 17.0 Å². The smallest absolute Gasteiger partial charge is 0.220 e. The highest BCUT2D eigenvalue weighted by Gasteiger charge is 2.25. The Hall–Kier alpha value is -3.40. The summed E-state index contributed by atoms with van der Waals surface area (Å²) in [6.45, 7) is 7.41. The zero-order valence-electron chi connectivity index (χ0n) is 19.5. The number of amides is 1. The lowest BCUT2D eigenvalue weighted by Gasteiger charge is -2.19. The van der Waals surface area contributed by atoms with Gasteiger partial charge in [0.2, 0.25) is 5.91 Å². The molecule has 1 amide bonds. The maximum atomic E-state index is 15.1. The number of nitrogens with one attached hydrogen (secondary N) is 1. The average molecular weight is 443 g/mol. The summed E-state index contributed by atoms with van der Waals surface area (Å²) in [5, 5.41) is 4.06. The maximum absolute atomic E-state index is 15.1. The number of carbonyl (C=O) groups is 1. The van der Waals surface area contributed by atoms with Crippen molar-refractivity contribution in [2.75, 3.05) is 6.54 Å². The van der Waals surface area contributed by atoms with Crippen LogP contribution in [-0.2, 0) is 11.3 Å². The Morgan fingerprint density at radius 1 is 0.970 bits per heavy atom. The number of aryl methyl sites for hydroxylation is 1. The van der Waals surface area contributed by atoms with Gasteiger partial charge in [0, 0.05) is 42.5 Å². The van der Waals surface area contributed by atoms with Gasteiger partial charge in [0.05, 0.1) is 0 Å². The summed E-state index contributed by atoms with van der Waals surface area (Å²) in [5.74, 6) is -0.355. The number of hydrogen-bond acceptors (Lipinski definition) is 1. The summed E-state index contributed by atoms with van der Waals surface area (Å²) in [6.07, 6.45) is 2.30. The lowest BCUT2D eigenvalue weighted by atomic mass is 9.87. The SMILES string of the molecule is Cc1ccc(F)c(C(CC(=O)NCC(C)C)c2cn(Cc3ccccc3)c3ccccc23)c1. The van der Waals surface area contributed by atoms with Gasteiger partial charge in [0.25, 0.3) is 0 Å². The zero-order chi connectivity index (χ0) is 23.4. The first-order valence-electron chi connectivity index (χ1n) is 11.6. The molecule has 33 heavy (non-hydrogen) atoms. The number of halogens is 1. The van der Waals surface area contributed by atoms with E-state index in [1.54, 1.807) is 6.07 Å². The third-order valence-electron chi connectivity index (χ3n) is 6.01. The van der Waals surface area contributed by atoms with Gasteiger partial charge in [-0.05, 0) is 41.7 Å². The number of rotatable bonds is 8. The van der Waals surface area contributed by atoms with Crippen LogP contribution in [0.2, 0.25) is 0 Å². The first-order valence-corrected chi connectivity index (χ1v) is 11.6. The molecule has 3 aromatic carbocycles.